The predicted molar refractivity (Wildman–Crippen MR) is 72.0 cm³/mol. The van der Waals surface area contributed by atoms with Crippen molar-refractivity contribution in [2.45, 2.75) is 26.3 Å². The lowest BCUT2D eigenvalue weighted by atomic mass is 9.71. The molecule has 0 spiro atoms. The number of hydrogen-bond donors (Lipinski definition) is 0. The van der Waals surface area contributed by atoms with Crippen LogP contribution in [0, 0.1) is 5.92 Å². The Hall–Kier alpha value is -1.90. The maximum atomic E-state index is 4.50. The number of pyridine rings is 1. The Balaban J connectivity index is 2.09. The summed E-state index contributed by atoms with van der Waals surface area (Å²) in [5.74, 6) is 0.514. The first kappa shape index (κ1) is 11.2. The lowest BCUT2D eigenvalue weighted by molar-refractivity contribution is 0.241. The molecule has 0 N–H and O–H groups in total. The van der Waals surface area contributed by atoms with Crippen molar-refractivity contribution in [3.05, 3.63) is 48.3 Å². The summed E-state index contributed by atoms with van der Waals surface area (Å²) < 4.78 is 2.09. The van der Waals surface area contributed by atoms with E-state index >= 15 is 0 Å². The van der Waals surface area contributed by atoms with Crippen LogP contribution in [0.3, 0.4) is 0 Å². The van der Waals surface area contributed by atoms with Crippen molar-refractivity contribution in [2.75, 3.05) is 0 Å². The van der Waals surface area contributed by atoms with Crippen LogP contribution in [0.1, 0.15) is 20.8 Å². The molecule has 2 aromatic rings. The van der Waals surface area contributed by atoms with E-state index < -0.39 is 0 Å². The Kier molecular flexibility index (Phi) is 2.37. The summed E-state index contributed by atoms with van der Waals surface area (Å²) in [6.45, 7) is 6.65. The minimum absolute atomic E-state index is 0.0273. The Morgan fingerprint density at radius 2 is 2.06 bits per heavy atom. The Morgan fingerprint density at radius 3 is 2.67 bits per heavy atom. The standard InChI is InChI=1S/C15H17N3/c1-11-10-15(3,12(11)2)18-14(7-9-17-18)13-6-4-5-8-16-13/h4-10,12H,1-3H3. The van der Waals surface area contributed by atoms with Gasteiger partial charge in [-0.3, -0.25) is 9.67 Å². The van der Waals surface area contributed by atoms with Crippen LogP contribution in [0.2, 0.25) is 0 Å². The zero-order valence-electron chi connectivity index (χ0n) is 11.0. The molecule has 2 heterocycles. The summed E-state index contributed by atoms with van der Waals surface area (Å²) in [4.78, 5) is 4.42. The third kappa shape index (κ3) is 1.43. The van der Waals surface area contributed by atoms with Gasteiger partial charge in [0, 0.05) is 18.3 Å². The van der Waals surface area contributed by atoms with Gasteiger partial charge in [-0.25, -0.2) is 0 Å². The molecule has 18 heavy (non-hydrogen) atoms. The van der Waals surface area contributed by atoms with Gasteiger partial charge in [-0.15, -0.1) is 0 Å². The van der Waals surface area contributed by atoms with Crippen molar-refractivity contribution < 1.29 is 0 Å². The molecule has 0 amide bonds. The summed E-state index contributed by atoms with van der Waals surface area (Å²) in [7, 11) is 0. The number of aromatic nitrogens is 3. The second kappa shape index (κ2) is 3.80. The van der Waals surface area contributed by atoms with Crippen LogP contribution >= 0.6 is 0 Å². The molecule has 92 valence electrons. The number of rotatable bonds is 2. The van der Waals surface area contributed by atoms with E-state index in [1.165, 1.54) is 5.57 Å². The first-order valence-corrected chi connectivity index (χ1v) is 6.28. The van der Waals surface area contributed by atoms with Crippen LogP contribution in [-0.4, -0.2) is 14.8 Å². The van der Waals surface area contributed by atoms with Crippen LogP contribution in [0.25, 0.3) is 11.4 Å². The molecule has 0 saturated carbocycles. The fourth-order valence-electron chi connectivity index (χ4n) is 2.72. The van der Waals surface area contributed by atoms with Gasteiger partial charge in [-0.2, -0.15) is 5.10 Å². The Morgan fingerprint density at radius 1 is 1.22 bits per heavy atom. The van der Waals surface area contributed by atoms with Crippen LogP contribution in [0.15, 0.2) is 48.3 Å². The molecule has 0 bridgehead atoms. The SMILES string of the molecule is CC1=CC(C)(n2nccc2-c2ccccn2)C1C. The average Bonchev–Trinajstić information content (AvgIpc) is 2.89. The minimum atomic E-state index is -0.0273. The molecule has 2 aromatic heterocycles. The van der Waals surface area contributed by atoms with Crippen molar-refractivity contribution in [2.24, 2.45) is 5.92 Å². The average molecular weight is 239 g/mol. The van der Waals surface area contributed by atoms with Gasteiger partial charge in [0.25, 0.3) is 0 Å². The van der Waals surface area contributed by atoms with Crippen LogP contribution in [0.5, 0.6) is 0 Å². The highest BCUT2D eigenvalue weighted by molar-refractivity contribution is 5.55. The van der Waals surface area contributed by atoms with Crippen molar-refractivity contribution in [3.8, 4) is 11.4 Å². The first-order valence-electron chi connectivity index (χ1n) is 6.28. The molecular weight excluding hydrogens is 222 g/mol. The fourth-order valence-corrected chi connectivity index (χ4v) is 2.72. The zero-order valence-corrected chi connectivity index (χ0v) is 11.0. The predicted octanol–water partition coefficient (Wildman–Crippen LogP) is 3.26. The van der Waals surface area contributed by atoms with E-state index in [4.69, 9.17) is 0 Å². The molecule has 2 unspecified atom stereocenters. The molecule has 1 aliphatic carbocycles. The van der Waals surface area contributed by atoms with Crippen LogP contribution in [0.4, 0.5) is 0 Å². The van der Waals surface area contributed by atoms with E-state index in [0.717, 1.165) is 11.4 Å². The van der Waals surface area contributed by atoms with Gasteiger partial charge in [0.2, 0.25) is 0 Å². The number of allylic oxidation sites excluding steroid dienone is 2. The summed E-state index contributed by atoms with van der Waals surface area (Å²) >= 11 is 0. The largest absolute Gasteiger partial charge is 0.255 e. The third-order valence-corrected chi connectivity index (χ3v) is 4.11. The normalized spacial score (nSPS) is 26.6. The quantitative estimate of drug-likeness (QED) is 0.753. The zero-order chi connectivity index (χ0) is 12.8. The van der Waals surface area contributed by atoms with E-state index in [0.29, 0.717) is 5.92 Å². The molecule has 0 aliphatic heterocycles. The van der Waals surface area contributed by atoms with Gasteiger partial charge in [0.1, 0.15) is 0 Å². The molecular formula is C15H17N3. The summed E-state index contributed by atoms with van der Waals surface area (Å²) in [5.41, 5.74) is 3.45. The highest BCUT2D eigenvalue weighted by Crippen LogP contribution is 2.43. The van der Waals surface area contributed by atoms with E-state index in [1.807, 2.05) is 36.7 Å². The molecule has 0 radical (unpaired) electrons. The first-order chi connectivity index (χ1) is 8.63. The van der Waals surface area contributed by atoms with Crippen molar-refractivity contribution >= 4 is 0 Å². The van der Waals surface area contributed by atoms with Gasteiger partial charge in [-0.05, 0) is 32.0 Å². The van der Waals surface area contributed by atoms with Gasteiger partial charge < -0.3 is 0 Å². The van der Waals surface area contributed by atoms with Crippen LogP contribution in [-0.2, 0) is 5.54 Å². The molecule has 0 aromatic carbocycles. The molecule has 0 saturated heterocycles. The van der Waals surface area contributed by atoms with E-state index in [9.17, 15) is 0 Å². The second-order valence-corrected chi connectivity index (χ2v) is 5.18. The van der Waals surface area contributed by atoms with Gasteiger partial charge in [0.05, 0.1) is 16.9 Å². The third-order valence-electron chi connectivity index (χ3n) is 4.11. The molecule has 0 fully saturated rings. The van der Waals surface area contributed by atoms with Gasteiger partial charge in [0.15, 0.2) is 0 Å². The summed E-state index contributed by atoms with van der Waals surface area (Å²) in [6.07, 6.45) is 5.96. The maximum absolute atomic E-state index is 4.50. The summed E-state index contributed by atoms with van der Waals surface area (Å²) in [5, 5.41) is 4.50. The topological polar surface area (TPSA) is 30.7 Å². The minimum Gasteiger partial charge on any atom is -0.255 e. The molecule has 3 heteroatoms. The van der Waals surface area contributed by atoms with E-state index in [2.05, 4.69) is 41.6 Å². The Bertz CT molecular complexity index is 597. The number of hydrogen-bond acceptors (Lipinski definition) is 2. The summed E-state index contributed by atoms with van der Waals surface area (Å²) in [6, 6.07) is 7.99. The van der Waals surface area contributed by atoms with E-state index in [1.54, 1.807) is 0 Å². The van der Waals surface area contributed by atoms with Crippen molar-refractivity contribution in [3.63, 3.8) is 0 Å². The lowest BCUT2D eigenvalue weighted by Gasteiger charge is -2.43. The molecule has 1 aliphatic rings. The van der Waals surface area contributed by atoms with E-state index in [-0.39, 0.29) is 5.54 Å². The highest BCUT2D eigenvalue weighted by Gasteiger charge is 2.41. The number of nitrogens with zero attached hydrogens (tertiary/aromatic N) is 3. The Labute approximate surface area is 107 Å². The fraction of sp³-hybridized carbons (Fsp3) is 0.333. The van der Waals surface area contributed by atoms with Gasteiger partial charge in [-0.1, -0.05) is 24.6 Å². The molecule has 3 rings (SSSR count). The maximum Gasteiger partial charge on any atom is 0.0883 e. The highest BCUT2D eigenvalue weighted by atomic mass is 15.3. The smallest absolute Gasteiger partial charge is 0.0883 e. The van der Waals surface area contributed by atoms with Crippen LogP contribution < -0.4 is 0 Å². The monoisotopic (exact) mass is 239 g/mol. The molecule has 2 atom stereocenters. The van der Waals surface area contributed by atoms with Gasteiger partial charge >= 0.3 is 0 Å². The van der Waals surface area contributed by atoms with Crippen molar-refractivity contribution in [1.29, 1.82) is 0 Å². The second-order valence-electron chi connectivity index (χ2n) is 5.18. The lowest BCUT2D eigenvalue weighted by Crippen LogP contribution is -2.43. The van der Waals surface area contributed by atoms with Crippen molar-refractivity contribution in [1.82, 2.24) is 14.8 Å². The molecule has 3 nitrogen and oxygen atoms in total.